The smallest absolute Gasteiger partial charge is 0.272 e. The SMILES string of the molecule is CC(C)(C)NCc1cccc(Br)c1OCC(F)F. The maximum atomic E-state index is 12.2. The van der Waals surface area contributed by atoms with Gasteiger partial charge in [0.05, 0.1) is 4.47 Å². The second-order valence-corrected chi connectivity index (χ2v) is 5.89. The van der Waals surface area contributed by atoms with Gasteiger partial charge >= 0.3 is 0 Å². The van der Waals surface area contributed by atoms with Crippen molar-refractivity contribution in [1.29, 1.82) is 0 Å². The summed E-state index contributed by atoms with van der Waals surface area (Å²) in [5.74, 6) is 0.481. The largest absolute Gasteiger partial charge is 0.486 e. The van der Waals surface area contributed by atoms with Crippen molar-refractivity contribution < 1.29 is 13.5 Å². The highest BCUT2D eigenvalue weighted by atomic mass is 79.9. The zero-order valence-electron chi connectivity index (χ0n) is 10.8. The fourth-order valence-corrected chi connectivity index (χ4v) is 1.88. The standard InChI is InChI=1S/C13H18BrF2NO/c1-13(2,3)17-7-9-5-4-6-10(14)12(9)18-8-11(15)16/h4-6,11,17H,7-8H2,1-3H3. The van der Waals surface area contributed by atoms with Gasteiger partial charge in [-0.05, 0) is 42.8 Å². The van der Waals surface area contributed by atoms with E-state index in [1.54, 1.807) is 6.07 Å². The van der Waals surface area contributed by atoms with Crippen molar-refractivity contribution >= 4 is 15.9 Å². The predicted molar refractivity (Wildman–Crippen MR) is 72.2 cm³/mol. The molecule has 2 nitrogen and oxygen atoms in total. The molecule has 1 rings (SSSR count). The van der Waals surface area contributed by atoms with Gasteiger partial charge in [-0.2, -0.15) is 0 Å². The molecule has 0 aliphatic rings. The summed E-state index contributed by atoms with van der Waals surface area (Å²) in [6.07, 6.45) is -2.47. The fraction of sp³-hybridized carbons (Fsp3) is 0.538. The summed E-state index contributed by atoms with van der Waals surface area (Å²) in [4.78, 5) is 0. The number of halogens is 3. The summed E-state index contributed by atoms with van der Waals surface area (Å²) in [5, 5.41) is 3.31. The molecule has 18 heavy (non-hydrogen) atoms. The van der Waals surface area contributed by atoms with Crippen molar-refractivity contribution in [3.05, 3.63) is 28.2 Å². The number of alkyl halides is 2. The van der Waals surface area contributed by atoms with Crippen molar-refractivity contribution in [3.63, 3.8) is 0 Å². The van der Waals surface area contributed by atoms with Crippen LogP contribution in [0.1, 0.15) is 26.3 Å². The zero-order chi connectivity index (χ0) is 13.8. The van der Waals surface area contributed by atoms with Crippen LogP contribution < -0.4 is 10.1 Å². The molecule has 0 spiro atoms. The van der Waals surface area contributed by atoms with Gasteiger partial charge in [-0.15, -0.1) is 0 Å². The first-order chi connectivity index (χ1) is 8.29. The van der Waals surface area contributed by atoms with E-state index in [9.17, 15) is 8.78 Å². The summed E-state index contributed by atoms with van der Waals surface area (Å²) < 4.78 is 30.3. The molecule has 0 bridgehead atoms. The Morgan fingerprint density at radius 2 is 2.00 bits per heavy atom. The van der Waals surface area contributed by atoms with Crippen molar-refractivity contribution in [2.24, 2.45) is 0 Å². The van der Waals surface area contributed by atoms with Crippen LogP contribution in [0, 0.1) is 0 Å². The molecule has 5 heteroatoms. The van der Waals surface area contributed by atoms with Gasteiger partial charge in [0, 0.05) is 17.6 Å². The van der Waals surface area contributed by atoms with E-state index in [0.717, 1.165) is 5.56 Å². The summed E-state index contributed by atoms with van der Waals surface area (Å²) in [6.45, 7) is 6.12. The Labute approximate surface area is 115 Å². The van der Waals surface area contributed by atoms with E-state index in [1.165, 1.54) is 0 Å². The molecule has 0 aliphatic carbocycles. The Hall–Kier alpha value is -0.680. The van der Waals surface area contributed by atoms with Gasteiger partial charge in [0.2, 0.25) is 0 Å². The molecule has 0 radical (unpaired) electrons. The molecular weight excluding hydrogens is 304 g/mol. The Morgan fingerprint density at radius 1 is 1.33 bits per heavy atom. The van der Waals surface area contributed by atoms with E-state index >= 15 is 0 Å². The van der Waals surface area contributed by atoms with Gasteiger partial charge in [-0.1, -0.05) is 12.1 Å². The van der Waals surface area contributed by atoms with E-state index in [-0.39, 0.29) is 5.54 Å². The molecule has 0 amide bonds. The number of ether oxygens (including phenoxy) is 1. The van der Waals surface area contributed by atoms with E-state index in [2.05, 4.69) is 21.2 Å². The Balaban J connectivity index is 2.80. The number of hydrogen-bond donors (Lipinski definition) is 1. The van der Waals surface area contributed by atoms with Gasteiger partial charge in [0.1, 0.15) is 12.4 Å². The first kappa shape index (κ1) is 15.4. The van der Waals surface area contributed by atoms with Gasteiger partial charge in [0.25, 0.3) is 6.43 Å². The molecule has 0 unspecified atom stereocenters. The summed E-state index contributed by atoms with van der Waals surface area (Å²) >= 11 is 3.32. The molecule has 1 aromatic rings. The van der Waals surface area contributed by atoms with Gasteiger partial charge in [0.15, 0.2) is 0 Å². The monoisotopic (exact) mass is 321 g/mol. The molecule has 0 heterocycles. The number of hydrogen-bond acceptors (Lipinski definition) is 2. The molecule has 1 N–H and O–H groups in total. The molecule has 0 saturated carbocycles. The lowest BCUT2D eigenvalue weighted by Crippen LogP contribution is -2.35. The van der Waals surface area contributed by atoms with E-state index in [4.69, 9.17) is 4.74 Å². The lowest BCUT2D eigenvalue weighted by atomic mass is 10.1. The van der Waals surface area contributed by atoms with E-state index in [0.29, 0.717) is 16.8 Å². The minimum atomic E-state index is -2.47. The predicted octanol–water partition coefficient (Wildman–Crippen LogP) is 3.98. The minimum absolute atomic E-state index is 0.0394. The van der Waals surface area contributed by atoms with Crippen LogP contribution in [0.5, 0.6) is 5.75 Å². The van der Waals surface area contributed by atoms with Crippen LogP contribution in [0.3, 0.4) is 0 Å². The lowest BCUT2D eigenvalue weighted by Gasteiger charge is -2.22. The molecule has 0 saturated heterocycles. The maximum Gasteiger partial charge on any atom is 0.272 e. The third kappa shape index (κ3) is 5.31. The number of nitrogens with one attached hydrogen (secondary N) is 1. The number of para-hydroxylation sites is 1. The Bertz CT molecular complexity index is 391. The highest BCUT2D eigenvalue weighted by Gasteiger charge is 2.14. The van der Waals surface area contributed by atoms with Crippen LogP contribution in [-0.4, -0.2) is 18.6 Å². The number of benzene rings is 1. The van der Waals surface area contributed by atoms with Gasteiger partial charge in [-0.25, -0.2) is 8.78 Å². The normalized spacial score (nSPS) is 11.9. The van der Waals surface area contributed by atoms with E-state index < -0.39 is 13.0 Å². The minimum Gasteiger partial charge on any atom is -0.486 e. The fourth-order valence-electron chi connectivity index (χ4n) is 1.36. The molecule has 0 atom stereocenters. The first-order valence-electron chi connectivity index (χ1n) is 5.73. The van der Waals surface area contributed by atoms with Crippen LogP contribution >= 0.6 is 15.9 Å². The summed E-state index contributed by atoms with van der Waals surface area (Å²) in [6, 6.07) is 5.50. The molecule has 0 aliphatic heterocycles. The first-order valence-corrected chi connectivity index (χ1v) is 6.52. The van der Waals surface area contributed by atoms with Crippen molar-refractivity contribution in [1.82, 2.24) is 5.32 Å². The van der Waals surface area contributed by atoms with Crippen LogP contribution in [0.25, 0.3) is 0 Å². The van der Waals surface area contributed by atoms with Crippen LogP contribution in [0.15, 0.2) is 22.7 Å². The Kier molecular flexibility index (Phi) is 5.53. The molecule has 0 fully saturated rings. The third-order valence-electron chi connectivity index (χ3n) is 2.21. The summed E-state index contributed by atoms with van der Waals surface area (Å²) in [7, 11) is 0. The quantitative estimate of drug-likeness (QED) is 0.885. The van der Waals surface area contributed by atoms with Crippen molar-refractivity contribution in [2.45, 2.75) is 39.3 Å². The molecular formula is C13H18BrF2NO. The van der Waals surface area contributed by atoms with Gasteiger partial charge in [-0.3, -0.25) is 0 Å². The molecule has 0 aromatic heterocycles. The van der Waals surface area contributed by atoms with E-state index in [1.807, 2.05) is 32.9 Å². The average molecular weight is 322 g/mol. The third-order valence-corrected chi connectivity index (χ3v) is 2.84. The maximum absolute atomic E-state index is 12.2. The second kappa shape index (κ2) is 6.48. The van der Waals surface area contributed by atoms with Crippen molar-refractivity contribution in [3.8, 4) is 5.75 Å². The lowest BCUT2D eigenvalue weighted by molar-refractivity contribution is 0.0809. The highest BCUT2D eigenvalue weighted by molar-refractivity contribution is 9.10. The molecule has 102 valence electrons. The van der Waals surface area contributed by atoms with Gasteiger partial charge < -0.3 is 10.1 Å². The topological polar surface area (TPSA) is 21.3 Å². The van der Waals surface area contributed by atoms with Crippen LogP contribution in [0.2, 0.25) is 0 Å². The Morgan fingerprint density at radius 3 is 2.56 bits per heavy atom. The van der Waals surface area contributed by atoms with Crippen LogP contribution in [-0.2, 0) is 6.54 Å². The average Bonchev–Trinajstić information content (AvgIpc) is 2.23. The van der Waals surface area contributed by atoms with Crippen molar-refractivity contribution in [2.75, 3.05) is 6.61 Å². The highest BCUT2D eigenvalue weighted by Crippen LogP contribution is 2.29. The number of rotatable bonds is 5. The second-order valence-electron chi connectivity index (χ2n) is 5.03. The zero-order valence-corrected chi connectivity index (χ0v) is 12.4. The summed E-state index contributed by atoms with van der Waals surface area (Å²) in [5.41, 5.74) is 0.822. The van der Waals surface area contributed by atoms with Crippen LogP contribution in [0.4, 0.5) is 8.78 Å². The molecule has 1 aromatic carbocycles.